The van der Waals surface area contributed by atoms with Crippen LogP contribution >= 0.6 is 11.6 Å². The second kappa shape index (κ2) is 6.38. The number of alkyl halides is 1. The Bertz CT molecular complexity index is 549. The minimum absolute atomic E-state index is 0.322. The number of carbonyl (C=O) groups excluding carboxylic acids is 1. The molecule has 0 aliphatic rings. The SMILES string of the molecule is COC(=O)c1ccc(Cn2cncc2CCCl)cc1. The standard InChI is InChI=1S/C14H15ClN2O2/c1-19-14(18)12-4-2-11(3-5-12)9-17-10-16-8-13(17)6-7-15/h2-5,8,10H,6-7,9H2,1H3. The Morgan fingerprint density at radius 2 is 2.11 bits per heavy atom. The first-order valence-electron chi connectivity index (χ1n) is 5.97. The number of esters is 1. The third-order valence-corrected chi connectivity index (χ3v) is 3.07. The molecule has 0 saturated carbocycles. The number of hydrogen-bond acceptors (Lipinski definition) is 3. The Hall–Kier alpha value is -1.81. The molecule has 4 nitrogen and oxygen atoms in total. The molecule has 0 bridgehead atoms. The fraction of sp³-hybridized carbons (Fsp3) is 0.286. The molecule has 100 valence electrons. The van der Waals surface area contributed by atoms with Crippen molar-refractivity contribution in [3.63, 3.8) is 0 Å². The van der Waals surface area contributed by atoms with Gasteiger partial charge >= 0.3 is 5.97 Å². The van der Waals surface area contributed by atoms with Crippen LogP contribution in [-0.4, -0.2) is 28.5 Å². The molecule has 5 heteroatoms. The number of carbonyl (C=O) groups is 1. The van der Waals surface area contributed by atoms with Crippen LogP contribution in [0.2, 0.25) is 0 Å². The normalized spacial score (nSPS) is 10.4. The summed E-state index contributed by atoms with van der Waals surface area (Å²) in [6.45, 7) is 0.716. The van der Waals surface area contributed by atoms with E-state index in [0.29, 0.717) is 18.0 Å². The van der Waals surface area contributed by atoms with Crippen molar-refractivity contribution in [3.8, 4) is 0 Å². The van der Waals surface area contributed by atoms with Crippen molar-refractivity contribution in [1.29, 1.82) is 0 Å². The van der Waals surface area contributed by atoms with Gasteiger partial charge in [-0.25, -0.2) is 9.78 Å². The minimum Gasteiger partial charge on any atom is -0.465 e. The Labute approximate surface area is 117 Å². The summed E-state index contributed by atoms with van der Waals surface area (Å²) in [6.07, 6.45) is 4.41. The highest BCUT2D eigenvalue weighted by molar-refractivity contribution is 6.17. The molecule has 0 fully saturated rings. The lowest BCUT2D eigenvalue weighted by Gasteiger charge is -2.07. The van der Waals surface area contributed by atoms with Crippen LogP contribution in [0.25, 0.3) is 0 Å². The molecule has 0 radical (unpaired) electrons. The number of ether oxygens (including phenoxy) is 1. The molecule has 19 heavy (non-hydrogen) atoms. The van der Waals surface area contributed by atoms with Gasteiger partial charge in [0.15, 0.2) is 0 Å². The zero-order valence-electron chi connectivity index (χ0n) is 10.7. The third kappa shape index (κ3) is 3.35. The van der Waals surface area contributed by atoms with Gasteiger partial charge in [-0.3, -0.25) is 0 Å². The van der Waals surface area contributed by atoms with E-state index in [4.69, 9.17) is 11.6 Å². The molecule has 2 aromatic rings. The Balaban J connectivity index is 2.11. The second-order valence-electron chi connectivity index (χ2n) is 4.14. The smallest absolute Gasteiger partial charge is 0.337 e. The Morgan fingerprint density at radius 3 is 2.74 bits per heavy atom. The molecule has 0 N–H and O–H groups in total. The molecule has 1 aromatic carbocycles. The highest BCUT2D eigenvalue weighted by Crippen LogP contribution is 2.10. The number of methoxy groups -OCH3 is 1. The largest absolute Gasteiger partial charge is 0.465 e. The molecule has 0 saturated heterocycles. The van der Waals surface area contributed by atoms with Crippen LogP contribution in [-0.2, 0) is 17.7 Å². The minimum atomic E-state index is -0.322. The first kappa shape index (κ1) is 13.6. The molecular weight excluding hydrogens is 264 g/mol. The topological polar surface area (TPSA) is 44.1 Å². The number of aromatic nitrogens is 2. The van der Waals surface area contributed by atoms with Gasteiger partial charge in [0.05, 0.1) is 19.0 Å². The quantitative estimate of drug-likeness (QED) is 0.623. The van der Waals surface area contributed by atoms with Gasteiger partial charge in [0.1, 0.15) is 0 Å². The summed E-state index contributed by atoms with van der Waals surface area (Å²) < 4.78 is 6.72. The Kier molecular flexibility index (Phi) is 4.58. The average Bonchev–Trinajstić information content (AvgIpc) is 2.86. The fourth-order valence-electron chi connectivity index (χ4n) is 1.86. The van der Waals surface area contributed by atoms with Crippen LogP contribution in [0.3, 0.4) is 0 Å². The van der Waals surface area contributed by atoms with E-state index in [9.17, 15) is 4.79 Å². The second-order valence-corrected chi connectivity index (χ2v) is 4.52. The number of rotatable bonds is 5. The van der Waals surface area contributed by atoms with Crippen LogP contribution in [0.15, 0.2) is 36.8 Å². The lowest BCUT2D eigenvalue weighted by molar-refractivity contribution is 0.0600. The van der Waals surface area contributed by atoms with Gasteiger partial charge in [0, 0.05) is 30.7 Å². The Morgan fingerprint density at radius 1 is 1.37 bits per heavy atom. The number of nitrogens with zero attached hydrogens (tertiary/aromatic N) is 2. The predicted octanol–water partition coefficient (Wildman–Crippen LogP) is 2.50. The van der Waals surface area contributed by atoms with E-state index in [1.807, 2.05) is 18.3 Å². The maximum atomic E-state index is 11.3. The zero-order chi connectivity index (χ0) is 13.7. The monoisotopic (exact) mass is 278 g/mol. The molecule has 0 amide bonds. The summed E-state index contributed by atoms with van der Waals surface area (Å²) in [4.78, 5) is 15.5. The van der Waals surface area contributed by atoms with E-state index in [-0.39, 0.29) is 5.97 Å². The number of halogens is 1. The van der Waals surface area contributed by atoms with Gasteiger partial charge in [-0.15, -0.1) is 11.6 Å². The van der Waals surface area contributed by atoms with Crippen molar-refractivity contribution in [2.75, 3.05) is 13.0 Å². The number of benzene rings is 1. The molecule has 1 heterocycles. The highest BCUT2D eigenvalue weighted by Gasteiger charge is 2.06. The summed E-state index contributed by atoms with van der Waals surface area (Å²) in [6, 6.07) is 7.35. The van der Waals surface area contributed by atoms with E-state index in [0.717, 1.165) is 17.7 Å². The lowest BCUT2D eigenvalue weighted by atomic mass is 10.1. The highest BCUT2D eigenvalue weighted by atomic mass is 35.5. The van der Waals surface area contributed by atoms with Crippen molar-refractivity contribution in [2.24, 2.45) is 0 Å². The molecule has 0 unspecified atom stereocenters. The van der Waals surface area contributed by atoms with E-state index in [2.05, 4.69) is 14.3 Å². The van der Waals surface area contributed by atoms with Crippen molar-refractivity contribution >= 4 is 17.6 Å². The summed E-state index contributed by atoms with van der Waals surface area (Å²) in [5, 5.41) is 0. The predicted molar refractivity (Wildman–Crippen MR) is 73.5 cm³/mol. The fourth-order valence-corrected chi connectivity index (χ4v) is 2.05. The van der Waals surface area contributed by atoms with E-state index >= 15 is 0 Å². The van der Waals surface area contributed by atoms with Gasteiger partial charge in [-0.2, -0.15) is 0 Å². The number of hydrogen-bond donors (Lipinski definition) is 0. The maximum Gasteiger partial charge on any atom is 0.337 e. The summed E-state index contributed by atoms with van der Waals surface area (Å²) in [5.74, 6) is 0.254. The van der Waals surface area contributed by atoms with Crippen LogP contribution in [0.4, 0.5) is 0 Å². The third-order valence-electron chi connectivity index (χ3n) is 2.88. The van der Waals surface area contributed by atoms with Gasteiger partial charge in [-0.1, -0.05) is 12.1 Å². The molecule has 0 spiro atoms. The van der Waals surface area contributed by atoms with Crippen LogP contribution < -0.4 is 0 Å². The van der Waals surface area contributed by atoms with Gasteiger partial charge in [0.2, 0.25) is 0 Å². The molecular formula is C14H15ClN2O2. The average molecular weight is 279 g/mol. The van der Waals surface area contributed by atoms with Crippen LogP contribution in [0, 0.1) is 0 Å². The van der Waals surface area contributed by atoms with E-state index in [1.54, 1.807) is 18.5 Å². The van der Waals surface area contributed by atoms with Crippen LogP contribution in [0.1, 0.15) is 21.6 Å². The van der Waals surface area contributed by atoms with Crippen LogP contribution in [0.5, 0.6) is 0 Å². The first-order valence-corrected chi connectivity index (χ1v) is 6.50. The molecule has 0 aliphatic heterocycles. The van der Waals surface area contributed by atoms with Gasteiger partial charge in [-0.05, 0) is 17.7 Å². The van der Waals surface area contributed by atoms with Crippen molar-refractivity contribution < 1.29 is 9.53 Å². The van der Waals surface area contributed by atoms with Crippen molar-refractivity contribution in [3.05, 3.63) is 53.6 Å². The first-order chi connectivity index (χ1) is 9.24. The molecule has 1 aromatic heterocycles. The molecule has 0 aliphatic carbocycles. The molecule has 0 atom stereocenters. The molecule has 2 rings (SSSR count). The zero-order valence-corrected chi connectivity index (χ0v) is 11.4. The maximum absolute atomic E-state index is 11.3. The van der Waals surface area contributed by atoms with Gasteiger partial charge < -0.3 is 9.30 Å². The summed E-state index contributed by atoms with van der Waals surface area (Å²) >= 11 is 5.75. The number of imidazole rings is 1. The summed E-state index contributed by atoms with van der Waals surface area (Å²) in [5.41, 5.74) is 2.76. The van der Waals surface area contributed by atoms with E-state index in [1.165, 1.54) is 7.11 Å². The number of aryl methyl sites for hydroxylation is 1. The van der Waals surface area contributed by atoms with Crippen molar-refractivity contribution in [2.45, 2.75) is 13.0 Å². The lowest BCUT2D eigenvalue weighted by Crippen LogP contribution is -2.05. The van der Waals surface area contributed by atoms with Gasteiger partial charge in [0.25, 0.3) is 0 Å². The van der Waals surface area contributed by atoms with Crippen molar-refractivity contribution in [1.82, 2.24) is 9.55 Å². The summed E-state index contributed by atoms with van der Waals surface area (Å²) in [7, 11) is 1.38. The van der Waals surface area contributed by atoms with E-state index < -0.39 is 0 Å².